The number of hydrogen-bond donors (Lipinski definition) is 3. The van der Waals surface area contributed by atoms with Gasteiger partial charge in [-0.25, -0.2) is 0 Å². The Morgan fingerprint density at radius 3 is 2.50 bits per heavy atom. The number of rotatable bonds is 6. The van der Waals surface area contributed by atoms with Crippen LogP contribution in [0.4, 0.5) is 0 Å². The molecule has 0 heterocycles. The van der Waals surface area contributed by atoms with Gasteiger partial charge in [0.1, 0.15) is 0 Å². The van der Waals surface area contributed by atoms with Crippen LogP contribution in [0.3, 0.4) is 0 Å². The molecule has 12 heavy (non-hydrogen) atoms. The highest BCUT2D eigenvalue weighted by Gasteiger charge is 2.00. The number of aliphatic hydroxyl groups excluding tert-OH is 1. The molecule has 0 spiro atoms. The number of amides is 2. The molecular weight excluding hydrogens is 160 g/mol. The summed E-state index contributed by atoms with van der Waals surface area (Å²) in [6.45, 7) is 0.281. The minimum atomic E-state index is -0.433. The molecule has 70 valence electrons. The Labute approximate surface area is 70.9 Å². The third kappa shape index (κ3) is 7.01. The van der Waals surface area contributed by atoms with Gasteiger partial charge in [0.25, 0.3) is 0 Å². The lowest BCUT2D eigenvalue weighted by atomic mass is 10.3. The van der Waals surface area contributed by atoms with E-state index in [9.17, 15) is 9.59 Å². The van der Waals surface area contributed by atoms with E-state index in [-0.39, 0.29) is 31.9 Å². The second-order valence-electron chi connectivity index (χ2n) is 2.39. The molecule has 0 bridgehead atoms. The van der Waals surface area contributed by atoms with Gasteiger partial charge in [-0.05, 0) is 6.42 Å². The number of nitrogens with two attached hydrogens (primary N) is 1. The van der Waals surface area contributed by atoms with Crippen LogP contribution < -0.4 is 11.1 Å². The zero-order chi connectivity index (χ0) is 9.40. The maximum atomic E-state index is 10.8. The Kier molecular flexibility index (Phi) is 6.00. The molecule has 0 saturated heterocycles. The van der Waals surface area contributed by atoms with Gasteiger partial charge >= 0.3 is 0 Å². The van der Waals surface area contributed by atoms with Crippen LogP contribution in [0.2, 0.25) is 0 Å². The van der Waals surface area contributed by atoms with Gasteiger partial charge in [-0.2, -0.15) is 0 Å². The zero-order valence-corrected chi connectivity index (χ0v) is 6.88. The monoisotopic (exact) mass is 174 g/mol. The van der Waals surface area contributed by atoms with E-state index in [2.05, 4.69) is 5.32 Å². The maximum Gasteiger partial charge on any atom is 0.220 e. The summed E-state index contributed by atoms with van der Waals surface area (Å²) in [7, 11) is 0. The van der Waals surface area contributed by atoms with E-state index in [4.69, 9.17) is 10.8 Å². The molecule has 0 rings (SSSR count). The minimum Gasteiger partial charge on any atom is -0.396 e. The lowest BCUT2D eigenvalue weighted by Gasteiger charge is -2.01. The van der Waals surface area contributed by atoms with Crippen LogP contribution in [0.25, 0.3) is 0 Å². The first kappa shape index (κ1) is 10.9. The van der Waals surface area contributed by atoms with Gasteiger partial charge in [0, 0.05) is 26.0 Å². The van der Waals surface area contributed by atoms with E-state index >= 15 is 0 Å². The maximum absolute atomic E-state index is 10.8. The van der Waals surface area contributed by atoms with E-state index in [0.717, 1.165) is 0 Å². The molecule has 0 aromatic heterocycles. The molecule has 0 aromatic rings. The Morgan fingerprint density at radius 2 is 2.00 bits per heavy atom. The van der Waals surface area contributed by atoms with Crippen molar-refractivity contribution in [2.45, 2.75) is 19.3 Å². The fourth-order valence-corrected chi connectivity index (χ4v) is 0.653. The highest BCUT2D eigenvalue weighted by molar-refractivity contribution is 5.77. The third-order valence-corrected chi connectivity index (χ3v) is 1.26. The number of nitrogens with one attached hydrogen (secondary N) is 1. The van der Waals surface area contributed by atoms with Crippen molar-refractivity contribution in [3.8, 4) is 0 Å². The van der Waals surface area contributed by atoms with E-state index in [1.54, 1.807) is 0 Å². The van der Waals surface area contributed by atoms with E-state index < -0.39 is 5.91 Å². The first-order valence-corrected chi connectivity index (χ1v) is 3.82. The first-order chi connectivity index (χ1) is 5.66. The SMILES string of the molecule is NC(=O)CCNC(=O)CCCO. The molecule has 2 amide bonds. The van der Waals surface area contributed by atoms with Crippen LogP contribution in [0.5, 0.6) is 0 Å². The molecule has 0 fully saturated rings. The summed E-state index contributed by atoms with van der Waals surface area (Å²) in [5, 5.41) is 10.9. The molecule has 0 aromatic carbocycles. The quantitative estimate of drug-likeness (QED) is 0.469. The molecule has 0 radical (unpaired) electrons. The van der Waals surface area contributed by atoms with Gasteiger partial charge in [-0.1, -0.05) is 0 Å². The van der Waals surface area contributed by atoms with Gasteiger partial charge in [0.05, 0.1) is 0 Å². The van der Waals surface area contributed by atoms with Crippen molar-refractivity contribution in [2.75, 3.05) is 13.2 Å². The van der Waals surface area contributed by atoms with Crippen molar-refractivity contribution < 1.29 is 14.7 Å². The molecule has 4 N–H and O–H groups in total. The van der Waals surface area contributed by atoms with Gasteiger partial charge in [0.2, 0.25) is 11.8 Å². The van der Waals surface area contributed by atoms with Crippen LogP contribution >= 0.6 is 0 Å². The average molecular weight is 174 g/mol. The molecule has 0 aliphatic heterocycles. The fourth-order valence-electron chi connectivity index (χ4n) is 0.653. The smallest absolute Gasteiger partial charge is 0.220 e. The fraction of sp³-hybridized carbons (Fsp3) is 0.714. The summed E-state index contributed by atoms with van der Waals surface area (Å²) in [5.41, 5.74) is 4.85. The van der Waals surface area contributed by atoms with Crippen molar-refractivity contribution in [3.63, 3.8) is 0 Å². The third-order valence-electron chi connectivity index (χ3n) is 1.26. The molecule has 0 saturated carbocycles. The Balaban J connectivity index is 3.25. The second-order valence-corrected chi connectivity index (χ2v) is 2.39. The number of hydrogen-bond acceptors (Lipinski definition) is 3. The van der Waals surface area contributed by atoms with Crippen LogP contribution in [-0.4, -0.2) is 30.1 Å². The van der Waals surface area contributed by atoms with Crippen LogP contribution in [-0.2, 0) is 9.59 Å². The van der Waals surface area contributed by atoms with Crippen molar-refractivity contribution in [3.05, 3.63) is 0 Å². The highest BCUT2D eigenvalue weighted by Crippen LogP contribution is 1.86. The normalized spacial score (nSPS) is 9.42. The van der Waals surface area contributed by atoms with Gasteiger partial charge in [-0.15, -0.1) is 0 Å². The van der Waals surface area contributed by atoms with Crippen molar-refractivity contribution in [2.24, 2.45) is 5.73 Å². The lowest BCUT2D eigenvalue weighted by molar-refractivity contribution is -0.121. The summed E-state index contributed by atoms with van der Waals surface area (Å²) < 4.78 is 0. The minimum absolute atomic E-state index is 0.00321. The molecular formula is C7H14N2O3. The van der Waals surface area contributed by atoms with E-state index in [1.165, 1.54) is 0 Å². The van der Waals surface area contributed by atoms with Gasteiger partial charge < -0.3 is 16.2 Å². The summed E-state index contributed by atoms with van der Waals surface area (Å²) in [5.74, 6) is -0.595. The Hall–Kier alpha value is -1.10. The number of primary amides is 1. The standard InChI is InChI=1S/C7H14N2O3/c8-6(11)3-4-9-7(12)2-1-5-10/h10H,1-5H2,(H2,8,11)(H,9,12). The van der Waals surface area contributed by atoms with Crippen LogP contribution in [0.1, 0.15) is 19.3 Å². The summed E-state index contributed by atoms with van der Waals surface area (Å²) >= 11 is 0. The average Bonchev–Trinajstić information content (AvgIpc) is 2.00. The largest absolute Gasteiger partial charge is 0.396 e. The second kappa shape index (κ2) is 6.60. The molecule has 0 unspecified atom stereocenters. The molecule has 0 atom stereocenters. The summed E-state index contributed by atoms with van der Waals surface area (Å²) in [4.78, 5) is 21.0. The molecule has 5 nitrogen and oxygen atoms in total. The summed E-state index contributed by atoms with van der Waals surface area (Å²) in [6, 6.07) is 0. The van der Waals surface area contributed by atoms with Crippen molar-refractivity contribution >= 4 is 11.8 Å². The number of aliphatic hydroxyl groups is 1. The van der Waals surface area contributed by atoms with Crippen LogP contribution in [0, 0.1) is 0 Å². The topological polar surface area (TPSA) is 92.4 Å². The predicted molar refractivity (Wildman–Crippen MR) is 43.1 cm³/mol. The predicted octanol–water partition coefficient (Wildman–Crippen LogP) is -1.25. The highest BCUT2D eigenvalue weighted by atomic mass is 16.3. The van der Waals surface area contributed by atoms with Gasteiger partial charge in [0.15, 0.2) is 0 Å². The first-order valence-electron chi connectivity index (χ1n) is 3.82. The number of carbonyl (C=O) groups excluding carboxylic acids is 2. The Morgan fingerprint density at radius 1 is 1.33 bits per heavy atom. The summed E-state index contributed by atoms with van der Waals surface area (Å²) in [6.07, 6.45) is 0.891. The van der Waals surface area contributed by atoms with Crippen molar-refractivity contribution in [1.82, 2.24) is 5.32 Å². The van der Waals surface area contributed by atoms with E-state index in [1.807, 2.05) is 0 Å². The Bertz CT molecular complexity index is 159. The number of carbonyl (C=O) groups is 2. The van der Waals surface area contributed by atoms with Gasteiger partial charge in [-0.3, -0.25) is 9.59 Å². The molecule has 5 heteroatoms. The zero-order valence-electron chi connectivity index (χ0n) is 6.88. The molecule has 0 aliphatic rings. The van der Waals surface area contributed by atoms with E-state index in [0.29, 0.717) is 6.42 Å². The molecule has 0 aliphatic carbocycles. The van der Waals surface area contributed by atoms with Crippen LogP contribution in [0.15, 0.2) is 0 Å². The van der Waals surface area contributed by atoms with Crippen molar-refractivity contribution in [1.29, 1.82) is 0 Å². The lowest BCUT2D eigenvalue weighted by Crippen LogP contribution is -2.27.